The highest BCUT2D eigenvalue weighted by Gasteiger charge is 2.25. The molecule has 1 aliphatic rings. The summed E-state index contributed by atoms with van der Waals surface area (Å²) in [7, 11) is 0. The lowest BCUT2D eigenvalue weighted by atomic mass is 10.1. The summed E-state index contributed by atoms with van der Waals surface area (Å²) >= 11 is 5.53. The number of hydrogen-bond donors (Lipinski definition) is 1. The Morgan fingerprint density at radius 3 is 2.38 bits per heavy atom. The van der Waals surface area contributed by atoms with E-state index in [0.717, 1.165) is 25.3 Å². The predicted molar refractivity (Wildman–Crippen MR) is 109 cm³/mol. The maximum absolute atomic E-state index is 10.7. The van der Waals surface area contributed by atoms with Crippen molar-refractivity contribution >= 4 is 34.4 Å². The number of nitro groups is 1. The largest absolute Gasteiger partial charge is 0.365 e. The van der Waals surface area contributed by atoms with E-state index in [1.807, 2.05) is 0 Å². The van der Waals surface area contributed by atoms with E-state index in [2.05, 4.69) is 53.2 Å². The molecular formula is C19H22N4O2S. The molecule has 136 valence electrons. The Balaban J connectivity index is 1.60. The van der Waals surface area contributed by atoms with Gasteiger partial charge in [-0.3, -0.25) is 10.1 Å². The fourth-order valence-electron chi connectivity index (χ4n) is 3.13. The maximum atomic E-state index is 10.7. The van der Waals surface area contributed by atoms with Crippen LogP contribution in [0.3, 0.4) is 0 Å². The Bertz CT molecular complexity index is 792. The van der Waals surface area contributed by atoms with Crippen LogP contribution in [0.5, 0.6) is 0 Å². The van der Waals surface area contributed by atoms with E-state index in [4.69, 9.17) is 12.2 Å². The molecule has 1 atom stereocenters. The summed E-state index contributed by atoms with van der Waals surface area (Å²) < 4.78 is 0. The van der Waals surface area contributed by atoms with Crippen molar-refractivity contribution in [1.82, 2.24) is 4.90 Å². The first-order valence-electron chi connectivity index (χ1n) is 8.58. The van der Waals surface area contributed by atoms with E-state index in [1.165, 1.54) is 23.4 Å². The normalized spacial score (nSPS) is 17.1. The van der Waals surface area contributed by atoms with Gasteiger partial charge in [-0.2, -0.15) is 0 Å². The van der Waals surface area contributed by atoms with Crippen LogP contribution in [0.2, 0.25) is 0 Å². The molecule has 0 aliphatic carbocycles. The Kier molecular flexibility index (Phi) is 5.37. The molecule has 0 spiro atoms. The van der Waals surface area contributed by atoms with Crippen molar-refractivity contribution < 1.29 is 4.92 Å². The third kappa shape index (κ3) is 4.11. The first-order valence-corrected chi connectivity index (χ1v) is 8.98. The Morgan fingerprint density at radius 2 is 1.81 bits per heavy atom. The maximum Gasteiger partial charge on any atom is 0.269 e. The summed E-state index contributed by atoms with van der Waals surface area (Å²) in [6.45, 7) is 6.84. The van der Waals surface area contributed by atoms with Crippen LogP contribution >= 0.6 is 12.2 Å². The molecule has 2 aromatic carbocycles. The molecule has 0 amide bonds. The molecule has 1 saturated heterocycles. The molecule has 26 heavy (non-hydrogen) atoms. The minimum Gasteiger partial charge on any atom is -0.365 e. The Hall–Kier alpha value is -2.67. The second-order valence-electron chi connectivity index (χ2n) is 6.56. The van der Waals surface area contributed by atoms with Crippen molar-refractivity contribution in [3.05, 3.63) is 64.2 Å². The lowest BCUT2D eigenvalue weighted by molar-refractivity contribution is -0.384. The minimum atomic E-state index is -0.409. The highest BCUT2D eigenvalue weighted by molar-refractivity contribution is 7.80. The number of benzene rings is 2. The van der Waals surface area contributed by atoms with Crippen molar-refractivity contribution in [1.29, 1.82) is 0 Å². The number of aryl methyl sites for hydroxylation is 1. The zero-order chi connectivity index (χ0) is 18.7. The van der Waals surface area contributed by atoms with Crippen molar-refractivity contribution in [3.8, 4) is 0 Å². The standard InChI is InChI=1S/C19H22N4O2S/c1-14-3-7-17(8-4-14)22-12-11-21(13-15(22)2)19(26)20-16-5-9-18(10-6-16)23(24)25/h3-10,15H,11-13H2,1-2H3,(H,20,26). The summed E-state index contributed by atoms with van der Waals surface area (Å²) in [5.41, 5.74) is 3.32. The van der Waals surface area contributed by atoms with Crippen LogP contribution in [0, 0.1) is 17.0 Å². The average Bonchev–Trinajstić information content (AvgIpc) is 2.63. The molecule has 1 unspecified atom stereocenters. The van der Waals surface area contributed by atoms with E-state index < -0.39 is 4.92 Å². The first kappa shape index (κ1) is 18.1. The van der Waals surface area contributed by atoms with Gasteiger partial charge in [-0.25, -0.2) is 0 Å². The Morgan fingerprint density at radius 1 is 1.15 bits per heavy atom. The van der Waals surface area contributed by atoms with Crippen LogP contribution in [0.25, 0.3) is 0 Å². The smallest absolute Gasteiger partial charge is 0.269 e. The van der Waals surface area contributed by atoms with E-state index in [-0.39, 0.29) is 5.69 Å². The van der Waals surface area contributed by atoms with Gasteiger partial charge in [-0.15, -0.1) is 0 Å². The number of non-ortho nitro benzene ring substituents is 1. The fraction of sp³-hybridized carbons (Fsp3) is 0.316. The van der Waals surface area contributed by atoms with Crippen molar-refractivity contribution in [2.24, 2.45) is 0 Å². The third-order valence-electron chi connectivity index (χ3n) is 4.61. The molecule has 1 aliphatic heterocycles. The lowest BCUT2D eigenvalue weighted by Gasteiger charge is -2.42. The molecule has 7 heteroatoms. The first-order chi connectivity index (χ1) is 12.4. The molecule has 1 N–H and O–H groups in total. The molecule has 6 nitrogen and oxygen atoms in total. The number of hydrogen-bond acceptors (Lipinski definition) is 4. The summed E-state index contributed by atoms with van der Waals surface area (Å²) in [6.07, 6.45) is 0. The molecule has 0 radical (unpaired) electrons. The van der Waals surface area contributed by atoms with E-state index in [0.29, 0.717) is 11.2 Å². The third-order valence-corrected chi connectivity index (χ3v) is 4.97. The average molecular weight is 370 g/mol. The molecule has 0 aromatic heterocycles. The number of thiocarbonyl (C=S) groups is 1. The quantitative estimate of drug-likeness (QED) is 0.504. The summed E-state index contributed by atoms with van der Waals surface area (Å²) in [6, 6.07) is 15.2. The van der Waals surface area contributed by atoms with Gasteiger partial charge >= 0.3 is 0 Å². The van der Waals surface area contributed by atoms with Crippen molar-refractivity contribution in [3.63, 3.8) is 0 Å². The lowest BCUT2D eigenvalue weighted by Crippen LogP contribution is -2.54. The van der Waals surface area contributed by atoms with E-state index in [1.54, 1.807) is 12.1 Å². The molecule has 1 heterocycles. The van der Waals surface area contributed by atoms with Crippen molar-refractivity contribution in [2.45, 2.75) is 19.9 Å². The number of nitrogens with zero attached hydrogens (tertiary/aromatic N) is 3. The summed E-state index contributed by atoms with van der Waals surface area (Å²) in [4.78, 5) is 14.9. The zero-order valence-electron chi connectivity index (χ0n) is 14.9. The number of anilines is 2. The monoisotopic (exact) mass is 370 g/mol. The SMILES string of the molecule is Cc1ccc(N2CCN(C(=S)Nc3ccc([N+](=O)[O-])cc3)CC2C)cc1. The molecule has 2 aromatic rings. The van der Waals surface area contributed by atoms with Gasteiger partial charge in [0.25, 0.3) is 5.69 Å². The van der Waals surface area contributed by atoms with Gasteiger partial charge < -0.3 is 15.1 Å². The van der Waals surface area contributed by atoms with Gasteiger partial charge in [0, 0.05) is 49.2 Å². The second-order valence-corrected chi connectivity index (χ2v) is 6.94. The van der Waals surface area contributed by atoms with Crippen LogP contribution in [0.15, 0.2) is 48.5 Å². The summed E-state index contributed by atoms with van der Waals surface area (Å²) in [5, 5.41) is 14.6. The van der Waals surface area contributed by atoms with Gasteiger partial charge in [0.15, 0.2) is 5.11 Å². The van der Waals surface area contributed by atoms with Crippen LogP contribution in [0.1, 0.15) is 12.5 Å². The molecule has 3 rings (SSSR count). The fourth-order valence-corrected chi connectivity index (χ4v) is 3.41. The molecule has 0 bridgehead atoms. The number of rotatable bonds is 3. The van der Waals surface area contributed by atoms with Crippen LogP contribution in [-0.2, 0) is 0 Å². The number of nitrogens with one attached hydrogen (secondary N) is 1. The molecule has 0 saturated carbocycles. The van der Waals surface area contributed by atoms with E-state index >= 15 is 0 Å². The number of piperazine rings is 1. The molecular weight excluding hydrogens is 348 g/mol. The van der Waals surface area contributed by atoms with Crippen molar-refractivity contribution in [2.75, 3.05) is 29.9 Å². The minimum absolute atomic E-state index is 0.0711. The second kappa shape index (κ2) is 7.70. The highest BCUT2D eigenvalue weighted by Crippen LogP contribution is 2.22. The number of nitro benzene ring substituents is 1. The van der Waals surface area contributed by atoms with Crippen LogP contribution < -0.4 is 10.2 Å². The van der Waals surface area contributed by atoms with Crippen LogP contribution in [0.4, 0.5) is 17.1 Å². The van der Waals surface area contributed by atoms with Gasteiger partial charge in [-0.1, -0.05) is 17.7 Å². The predicted octanol–water partition coefficient (Wildman–Crippen LogP) is 3.81. The van der Waals surface area contributed by atoms with Gasteiger partial charge in [-0.05, 0) is 50.3 Å². The van der Waals surface area contributed by atoms with Gasteiger partial charge in [0.1, 0.15) is 0 Å². The van der Waals surface area contributed by atoms with Crippen LogP contribution in [-0.4, -0.2) is 40.6 Å². The van der Waals surface area contributed by atoms with Gasteiger partial charge in [0.05, 0.1) is 4.92 Å². The topological polar surface area (TPSA) is 61.6 Å². The highest BCUT2D eigenvalue weighted by atomic mass is 32.1. The van der Waals surface area contributed by atoms with Gasteiger partial charge in [0.2, 0.25) is 0 Å². The summed E-state index contributed by atoms with van der Waals surface area (Å²) in [5.74, 6) is 0. The zero-order valence-corrected chi connectivity index (χ0v) is 15.7. The Labute approximate surface area is 158 Å². The molecule has 1 fully saturated rings. The van der Waals surface area contributed by atoms with E-state index in [9.17, 15) is 10.1 Å².